The maximum absolute atomic E-state index is 11.7. The zero-order valence-corrected chi connectivity index (χ0v) is 21.3. The lowest BCUT2D eigenvalue weighted by molar-refractivity contribution is -0.121. The highest BCUT2D eigenvalue weighted by Crippen LogP contribution is 2.47. The van der Waals surface area contributed by atoms with E-state index < -0.39 is 0 Å². The molecule has 2 N–H and O–H groups in total. The van der Waals surface area contributed by atoms with Crippen molar-refractivity contribution in [3.05, 3.63) is 54.7 Å². The van der Waals surface area contributed by atoms with Gasteiger partial charge in [-0.25, -0.2) is 9.50 Å². The van der Waals surface area contributed by atoms with Crippen LogP contribution in [0.5, 0.6) is 0 Å². The third-order valence-electron chi connectivity index (χ3n) is 7.99. The average Bonchev–Trinajstić information content (AvgIpc) is 3.55. The van der Waals surface area contributed by atoms with Crippen LogP contribution in [-0.4, -0.2) is 41.9 Å². The van der Waals surface area contributed by atoms with Gasteiger partial charge in [-0.3, -0.25) is 9.48 Å². The van der Waals surface area contributed by atoms with E-state index in [9.17, 15) is 10.1 Å². The molecule has 0 radical (unpaired) electrons. The van der Waals surface area contributed by atoms with Crippen LogP contribution in [0.1, 0.15) is 45.1 Å². The number of rotatable bonds is 5. The van der Waals surface area contributed by atoms with Gasteiger partial charge in [0.2, 0.25) is 5.91 Å². The van der Waals surface area contributed by atoms with E-state index in [-0.39, 0.29) is 11.4 Å². The second-order valence-corrected chi connectivity index (χ2v) is 10.9. The SMILES string of the molecule is CC(=O)NC1(C)CC2CCC(C1)C2Nc1ccc(-c2cc(-c3cnn(C)c3)cn3ncc(C#N)c23)cn1. The van der Waals surface area contributed by atoms with Crippen molar-refractivity contribution in [1.29, 1.82) is 5.26 Å². The van der Waals surface area contributed by atoms with Gasteiger partial charge in [-0.15, -0.1) is 0 Å². The molecule has 0 saturated heterocycles. The minimum Gasteiger partial charge on any atom is -0.367 e. The van der Waals surface area contributed by atoms with E-state index >= 15 is 0 Å². The average molecular weight is 495 g/mol. The summed E-state index contributed by atoms with van der Waals surface area (Å²) in [5.74, 6) is 1.92. The molecule has 1 amide bonds. The van der Waals surface area contributed by atoms with Crippen molar-refractivity contribution < 1.29 is 4.79 Å². The van der Waals surface area contributed by atoms with Crippen LogP contribution in [0.3, 0.4) is 0 Å². The zero-order valence-electron chi connectivity index (χ0n) is 21.3. The standard InChI is InChI=1S/C28H30N8O/c1-17(37)34-28(2)9-18-4-5-19(10-28)26(18)33-25-7-6-20(12-30-25)24-8-21(23-14-31-35(3)15-23)16-36-27(24)22(11-29)13-32-36/h6-8,12-16,18-19,26H,4-5,9-10H2,1-3H3,(H,30,33)(H,34,37). The zero-order chi connectivity index (χ0) is 25.7. The number of pyridine rings is 2. The predicted molar refractivity (Wildman–Crippen MR) is 140 cm³/mol. The van der Waals surface area contributed by atoms with Crippen LogP contribution >= 0.6 is 0 Å². The monoisotopic (exact) mass is 494 g/mol. The van der Waals surface area contributed by atoms with Gasteiger partial charge in [-0.2, -0.15) is 15.5 Å². The molecule has 2 atom stereocenters. The molecule has 2 unspecified atom stereocenters. The number of hydrogen-bond donors (Lipinski definition) is 2. The van der Waals surface area contributed by atoms with Crippen LogP contribution in [-0.2, 0) is 11.8 Å². The van der Waals surface area contributed by atoms with Gasteiger partial charge in [0.25, 0.3) is 0 Å². The van der Waals surface area contributed by atoms with Crippen molar-refractivity contribution in [2.24, 2.45) is 18.9 Å². The number of nitrogens with one attached hydrogen (secondary N) is 2. The molecule has 4 heterocycles. The Hall–Kier alpha value is -4.19. The quantitative estimate of drug-likeness (QED) is 0.431. The number of nitriles is 1. The second-order valence-electron chi connectivity index (χ2n) is 10.9. The largest absolute Gasteiger partial charge is 0.367 e. The van der Waals surface area contributed by atoms with Crippen molar-refractivity contribution in [3.8, 4) is 28.3 Å². The van der Waals surface area contributed by atoms with Crippen molar-refractivity contribution in [3.63, 3.8) is 0 Å². The van der Waals surface area contributed by atoms with E-state index in [0.717, 1.165) is 46.4 Å². The van der Waals surface area contributed by atoms with Crippen molar-refractivity contribution >= 4 is 17.2 Å². The normalized spacial score (nSPS) is 24.6. The molecule has 9 nitrogen and oxygen atoms in total. The number of hydrogen-bond acceptors (Lipinski definition) is 6. The maximum atomic E-state index is 11.7. The van der Waals surface area contributed by atoms with Gasteiger partial charge >= 0.3 is 0 Å². The van der Waals surface area contributed by atoms with Gasteiger partial charge in [0.15, 0.2) is 0 Å². The van der Waals surface area contributed by atoms with Crippen LogP contribution in [0.15, 0.2) is 49.2 Å². The van der Waals surface area contributed by atoms with Crippen LogP contribution in [0.25, 0.3) is 27.8 Å². The number of fused-ring (bicyclic) bond motifs is 3. The van der Waals surface area contributed by atoms with E-state index in [0.29, 0.717) is 23.4 Å². The van der Waals surface area contributed by atoms with Crippen LogP contribution in [0.2, 0.25) is 0 Å². The molecule has 188 valence electrons. The number of carbonyl (C=O) groups is 1. The summed E-state index contributed by atoms with van der Waals surface area (Å²) < 4.78 is 3.52. The molecular weight excluding hydrogens is 464 g/mol. The highest BCUT2D eigenvalue weighted by atomic mass is 16.1. The Morgan fingerprint density at radius 1 is 1.08 bits per heavy atom. The van der Waals surface area contributed by atoms with Crippen molar-refractivity contribution in [1.82, 2.24) is 29.7 Å². The third-order valence-corrected chi connectivity index (χ3v) is 7.99. The summed E-state index contributed by atoms with van der Waals surface area (Å²) in [6.07, 6.45) is 13.5. The molecule has 4 aromatic heterocycles. The van der Waals surface area contributed by atoms with Crippen molar-refractivity contribution in [2.75, 3.05) is 5.32 Å². The Kier molecular flexibility index (Phi) is 5.48. The molecule has 0 aliphatic heterocycles. The van der Waals surface area contributed by atoms with Gasteiger partial charge in [-0.05, 0) is 62.6 Å². The van der Waals surface area contributed by atoms with Crippen LogP contribution in [0, 0.1) is 23.2 Å². The summed E-state index contributed by atoms with van der Waals surface area (Å²) in [7, 11) is 1.89. The van der Waals surface area contributed by atoms with Crippen LogP contribution < -0.4 is 10.6 Å². The molecule has 0 spiro atoms. The number of carbonyl (C=O) groups excluding carboxylic acids is 1. The lowest BCUT2D eigenvalue weighted by atomic mass is 9.73. The molecule has 2 fully saturated rings. The minimum absolute atomic E-state index is 0.0463. The lowest BCUT2D eigenvalue weighted by Gasteiger charge is -2.43. The van der Waals surface area contributed by atoms with Gasteiger partial charge in [0.05, 0.1) is 23.5 Å². The van der Waals surface area contributed by atoms with E-state index in [1.165, 1.54) is 12.8 Å². The number of anilines is 1. The first-order valence-electron chi connectivity index (χ1n) is 12.7. The second kappa shape index (κ2) is 8.73. The van der Waals surface area contributed by atoms with Gasteiger partial charge in [0.1, 0.15) is 11.9 Å². The molecule has 2 aliphatic rings. The fraction of sp³-hybridized carbons (Fsp3) is 0.393. The first-order chi connectivity index (χ1) is 17.8. The molecule has 6 rings (SSSR count). The Balaban J connectivity index is 1.29. The molecule has 4 aromatic rings. The van der Waals surface area contributed by atoms with Crippen LogP contribution in [0.4, 0.5) is 5.82 Å². The number of aryl methyl sites for hydroxylation is 1. The number of amides is 1. The minimum atomic E-state index is -0.124. The fourth-order valence-corrected chi connectivity index (χ4v) is 6.59. The molecule has 2 bridgehead atoms. The Morgan fingerprint density at radius 3 is 2.49 bits per heavy atom. The van der Waals surface area contributed by atoms with Gasteiger partial charge in [0, 0.05) is 66.4 Å². The molecule has 37 heavy (non-hydrogen) atoms. The number of aromatic nitrogens is 5. The third kappa shape index (κ3) is 4.22. The van der Waals surface area contributed by atoms with Gasteiger partial charge in [-0.1, -0.05) is 0 Å². The molecule has 0 aromatic carbocycles. The molecule has 2 aliphatic carbocycles. The smallest absolute Gasteiger partial charge is 0.217 e. The summed E-state index contributed by atoms with van der Waals surface area (Å²) in [6.45, 7) is 3.78. The molecule has 9 heteroatoms. The fourth-order valence-electron chi connectivity index (χ4n) is 6.59. The maximum Gasteiger partial charge on any atom is 0.217 e. The van der Waals surface area contributed by atoms with E-state index in [2.05, 4.69) is 46.0 Å². The van der Waals surface area contributed by atoms with E-state index in [4.69, 9.17) is 4.98 Å². The van der Waals surface area contributed by atoms with Crippen molar-refractivity contribution in [2.45, 2.75) is 51.1 Å². The Morgan fingerprint density at radius 2 is 1.86 bits per heavy atom. The lowest BCUT2D eigenvalue weighted by Crippen LogP contribution is -2.53. The Bertz CT molecular complexity index is 1510. The summed E-state index contributed by atoms with van der Waals surface area (Å²) in [5.41, 5.74) is 4.93. The van der Waals surface area contributed by atoms with E-state index in [1.54, 1.807) is 22.3 Å². The van der Waals surface area contributed by atoms with Gasteiger partial charge < -0.3 is 10.6 Å². The highest BCUT2D eigenvalue weighted by Gasteiger charge is 2.48. The highest BCUT2D eigenvalue weighted by molar-refractivity contribution is 5.87. The summed E-state index contributed by atoms with van der Waals surface area (Å²) in [4.78, 5) is 16.5. The first-order valence-corrected chi connectivity index (χ1v) is 12.7. The molecule has 2 saturated carbocycles. The topological polar surface area (TPSA) is 113 Å². The summed E-state index contributed by atoms with van der Waals surface area (Å²) in [5, 5.41) is 25.3. The Labute approximate surface area is 215 Å². The predicted octanol–water partition coefficient (Wildman–Crippen LogP) is 4.16. The summed E-state index contributed by atoms with van der Waals surface area (Å²) in [6, 6.07) is 8.77. The first kappa shape index (κ1) is 23.2. The van der Waals surface area contributed by atoms with E-state index in [1.807, 2.05) is 37.9 Å². The summed E-state index contributed by atoms with van der Waals surface area (Å²) >= 11 is 0. The number of nitrogens with zero attached hydrogens (tertiary/aromatic N) is 6. The molecular formula is C28H30N8O.